The zero-order chi connectivity index (χ0) is 21.1. The lowest BCUT2D eigenvalue weighted by Gasteiger charge is -2.27. The summed E-state index contributed by atoms with van der Waals surface area (Å²) in [5.41, 5.74) is 2.75. The van der Waals surface area contributed by atoms with E-state index in [2.05, 4.69) is 16.8 Å². The Morgan fingerprint density at radius 3 is 2.80 bits per heavy atom. The summed E-state index contributed by atoms with van der Waals surface area (Å²) in [5.74, 6) is -0.609. The third kappa shape index (κ3) is 4.44. The van der Waals surface area contributed by atoms with E-state index in [-0.39, 0.29) is 30.6 Å². The maximum Gasteiger partial charge on any atom is 0.341 e. The predicted molar refractivity (Wildman–Crippen MR) is 118 cm³/mol. The fraction of sp³-hybridized carbons (Fsp3) is 0.500. The van der Waals surface area contributed by atoms with Gasteiger partial charge in [-0.1, -0.05) is 0 Å². The summed E-state index contributed by atoms with van der Waals surface area (Å²) in [7, 11) is 0. The highest BCUT2D eigenvalue weighted by molar-refractivity contribution is 7.17. The molecule has 1 N–H and O–H groups in total. The van der Waals surface area contributed by atoms with Crippen molar-refractivity contribution in [1.82, 2.24) is 4.90 Å². The summed E-state index contributed by atoms with van der Waals surface area (Å²) in [6, 6.07) is 2.07. The number of hydrogen-bond donors (Lipinski definition) is 1. The van der Waals surface area contributed by atoms with E-state index in [0.717, 1.165) is 42.5 Å². The Kier molecular flexibility index (Phi) is 6.53. The number of esters is 1. The van der Waals surface area contributed by atoms with Crippen LogP contribution in [0, 0.1) is 0 Å². The summed E-state index contributed by atoms with van der Waals surface area (Å²) in [5, 5.41) is 5.52. The Morgan fingerprint density at radius 1 is 1.13 bits per heavy atom. The van der Waals surface area contributed by atoms with E-state index in [1.54, 1.807) is 18.3 Å². The van der Waals surface area contributed by atoms with Gasteiger partial charge in [-0.25, -0.2) is 4.79 Å². The fourth-order valence-corrected chi connectivity index (χ4v) is 6.29. The topological polar surface area (TPSA) is 75.7 Å². The number of carbonyl (C=O) groups is 3. The molecule has 1 aliphatic carbocycles. The molecule has 30 heavy (non-hydrogen) atoms. The molecule has 2 aliphatic rings. The molecule has 0 aromatic carbocycles. The number of anilines is 1. The first kappa shape index (κ1) is 21.1. The second-order valence-electron chi connectivity index (χ2n) is 7.62. The van der Waals surface area contributed by atoms with Crippen LogP contribution in [0.1, 0.15) is 63.8 Å². The van der Waals surface area contributed by atoms with Crippen LogP contribution in [0.15, 0.2) is 11.4 Å². The van der Waals surface area contributed by atoms with Gasteiger partial charge in [-0.3, -0.25) is 9.59 Å². The van der Waals surface area contributed by atoms with Gasteiger partial charge in [-0.2, -0.15) is 0 Å². The van der Waals surface area contributed by atoms with Crippen LogP contribution in [-0.4, -0.2) is 35.8 Å². The van der Waals surface area contributed by atoms with E-state index >= 15 is 0 Å². The second-order valence-corrected chi connectivity index (χ2v) is 9.72. The number of nitrogens with one attached hydrogen (secondary N) is 1. The largest absolute Gasteiger partial charge is 0.462 e. The average Bonchev–Trinajstić information content (AvgIpc) is 3.35. The van der Waals surface area contributed by atoms with Crippen LogP contribution in [0.5, 0.6) is 0 Å². The summed E-state index contributed by atoms with van der Waals surface area (Å²) >= 11 is 3.21. The lowest BCUT2D eigenvalue weighted by atomic mass is 9.95. The fourth-order valence-electron chi connectivity index (χ4n) is 4.10. The van der Waals surface area contributed by atoms with E-state index < -0.39 is 0 Å². The van der Waals surface area contributed by atoms with Gasteiger partial charge in [0.05, 0.1) is 12.2 Å². The first-order valence-electron chi connectivity index (χ1n) is 10.5. The van der Waals surface area contributed by atoms with Crippen molar-refractivity contribution in [2.24, 2.45) is 0 Å². The second kappa shape index (κ2) is 9.31. The number of carbonyl (C=O) groups excluding carboxylic acids is 3. The molecule has 4 rings (SSSR count). The number of hydrogen-bond acceptors (Lipinski definition) is 6. The Morgan fingerprint density at radius 2 is 1.97 bits per heavy atom. The van der Waals surface area contributed by atoms with Crippen LogP contribution in [-0.2, 0) is 40.1 Å². The zero-order valence-corrected chi connectivity index (χ0v) is 18.8. The molecule has 160 valence electrons. The normalized spacial score (nSPS) is 15.3. The van der Waals surface area contributed by atoms with Crippen LogP contribution >= 0.6 is 22.7 Å². The molecule has 2 aromatic heterocycles. The van der Waals surface area contributed by atoms with Crippen molar-refractivity contribution in [1.29, 1.82) is 0 Å². The molecule has 0 fully saturated rings. The Labute approximate surface area is 184 Å². The molecule has 0 bridgehead atoms. The molecule has 2 amide bonds. The van der Waals surface area contributed by atoms with Crippen molar-refractivity contribution >= 4 is 45.5 Å². The number of thiophene rings is 2. The van der Waals surface area contributed by atoms with E-state index in [4.69, 9.17) is 4.74 Å². The molecule has 0 saturated carbocycles. The molecular formula is C22H26N2O4S2. The molecule has 0 atom stereocenters. The van der Waals surface area contributed by atoms with Crippen molar-refractivity contribution in [3.63, 3.8) is 0 Å². The first-order chi connectivity index (χ1) is 14.6. The minimum absolute atomic E-state index is 0.00177. The number of nitrogens with zero attached hydrogens (tertiary/aromatic N) is 1. The maximum absolute atomic E-state index is 12.6. The van der Waals surface area contributed by atoms with Crippen LogP contribution in [0.25, 0.3) is 0 Å². The number of fused-ring (bicyclic) bond motifs is 2. The standard InChI is InChI=1S/C22H26N2O4S2/c1-2-28-22(27)20-15-5-3-4-6-17(15)30-21(20)23-18(25)7-8-19(26)24-11-9-16-14(13-24)10-12-29-16/h10,12H,2-9,11,13H2,1H3,(H,23,25). The van der Waals surface area contributed by atoms with Crippen molar-refractivity contribution in [2.45, 2.75) is 58.4 Å². The molecule has 1 aliphatic heterocycles. The summed E-state index contributed by atoms with van der Waals surface area (Å²) in [6.07, 6.45) is 5.07. The van der Waals surface area contributed by atoms with Gasteiger partial charge in [-0.05, 0) is 61.6 Å². The van der Waals surface area contributed by atoms with E-state index in [0.29, 0.717) is 30.3 Å². The van der Waals surface area contributed by atoms with E-state index in [1.165, 1.54) is 21.8 Å². The number of amides is 2. The first-order valence-corrected chi connectivity index (χ1v) is 12.2. The molecule has 2 aromatic rings. The summed E-state index contributed by atoms with van der Waals surface area (Å²) in [6.45, 7) is 3.41. The van der Waals surface area contributed by atoms with Crippen LogP contribution in [0.3, 0.4) is 0 Å². The SMILES string of the molecule is CCOC(=O)c1c(NC(=O)CCC(=O)N2CCc3sccc3C2)sc2c1CCCC2. The number of ether oxygens (including phenoxy) is 1. The maximum atomic E-state index is 12.6. The van der Waals surface area contributed by atoms with Crippen LogP contribution in [0.4, 0.5) is 5.00 Å². The van der Waals surface area contributed by atoms with E-state index in [9.17, 15) is 14.4 Å². The van der Waals surface area contributed by atoms with E-state index in [1.807, 2.05) is 4.90 Å². The molecule has 0 spiro atoms. The van der Waals surface area contributed by atoms with Gasteiger partial charge in [0.25, 0.3) is 0 Å². The van der Waals surface area contributed by atoms with Gasteiger partial charge in [0, 0.05) is 35.7 Å². The van der Waals surface area contributed by atoms with Gasteiger partial charge in [0.2, 0.25) is 11.8 Å². The number of aryl methyl sites for hydroxylation is 1. The molecule has 3 heterocycles. The number of rotatable bonds is 6. The van der Waals surface area contributed by atoms with Crippen LogP contribution < -0.4 is 5.32 Å². The minimum Gasteiger partial charge on any atom is -0.462 e. The van der Waals surface area contributed by atoms with Gasteiger partial charge < -0.3 is 15.0 Å². The van der Waals surface area contributed by atoms with Crippen molar-refractivity contribution < 1.29 is 19.1 Å². The van der Waals surface area contributed by atoms with Gasteiger partial charge in [0.1, 0.15) is 5.00 Å². The van der Waals surface area contributed by atoms with Crippen molar-refractivity contribution in [2.75, 3.05) is 18.5 Å². The average molecular weight is 447 g/mol. The van der Waals surface area contributed by atoms with Gasteiger partial charge in [0.15, 0.2) is 0 Å². The highest BCUT2D eigenvalue weighted by atomic mass is 32.1. The third-order valence-electron chi connectivity index (χ3n) is 5.63. The third-order valence-corrected chi connectivity index (χ3v) is 7.86. The van der Waals surface area contributed by atoms with Gasteiger partial charge >= 0.3 is 5.97 Å². The summed E-state index contributed by atoms with van der Waals surface area (Å²) in [4.78, 5) is 42.0. The minimum atomic E-state index is -0.372. The molecule has 6 nitrogen and oxygen atoms in total. The zero-order valence-electron chi connectivity index (χ0n) is 17.1. The quantitative estimate of drug-likeness (QED) is 0.676. The van der Waals surface area contributed by atoms with Crippen molar-refractivity contribution in [3.05, 3.63) is 37.9 Å². The molecular weight excluding hydrogens is 420 g/mol. The van der Waals surface area contributed by atoms with Gasteiger partial charge in [-0.15, -0.1) is 22.7 Å². The summed E-state index contributed by atoms with van der Waals surface area (Å²) < 4.78 is 5.23. The highest BCUT2D eigenvalue weighted by Crippen LogP contribution is 2.38. The highest BCUT2D eigenvalue weighted by Gasteiger charge is 2.28. The molecule has 8 heteroatoms. The monoisotopic (exact) mass is 446 g/mol. The Hall–Kier alpha value is -2.19. The smallest absolute Gasteiger partial charge is 0.341 e. The van der Waals surface area contributed by atoms with Crippen LogP contribution in [0.2, 0.25) is 0 Å². The lowest BCUT2D eigenvalue weighted by Crippen LogP contribution is -2.35. The molecule has 0 radical (unpaired) electrons. The Bertz CT molecular complexity index is 962. The lowest BCUT2D eigenvalue weighted by molar-refractivity contribution is -0.133. The molecule has 0 unspecified atom stereocenters. The Balaban J connectivity index is 1.38. The molecule has 0 saturated heterocycles. The predicted octanol–water partition coefficient (Wildman–Crippen LogP) is 4.17. The van der Waals surface area contributed by atoms with Crippen molar-refractivity contribution in [3.8, 4) is 0 Å².